The molecule has 8 heteroatoms. The number of fused-ring (bicyclic) bond motifs is 2. The molecule has 0 radical (unpaired) electrons. The van der Waals surface area contributed by atoms with Gasteiger partial charge in [0, 0.05) is 11.9 Å². The van der Waals surface area contributed by atoms with Crippen LogP contribution in [0.3, 0.4) is 0 Å². The summed E-state index contributed by atoms with van der Waals surface area (Å²) in [5.41, 5.74) is 2.55. The van der Waals surface area contributed by atoms with Gasteiger partial charge in [-0.05, 0) is 30.5 Å². The van der Waals surface area contributed by atoms with Crippen molar-refractivity contribution in [3.05, 3.63) is 64.3 Å². The normalized spacial score (nSPS) is 17.1. The Bertz CT molecular complexity index is 1200. The van der Waals surface area contributed by atoms with Crippen molar-refractivity contribution in [2.24, 2.45) is 4.99 Å². The fourth-order valence-corrected chi connectivity index (χ4v) is 4.03. The SMILES string of the molecule is CC(Nc1ncnc2nc[nH]c12)C1N=c2ccsc2=CN1c1ccccc1. The second kappa shape index (κ2) is 6.48. The number of H-pyrrole nitrogens is 1. The predicted octanol–water partition coefficient (Wildman–Crippen LogP) is 2.12. The zero-order valence-electron chi connectivity index (χ0n) is 14.6. The van der Waals surface area contributed by atoms with Crippen molar-refractivity contribution in [1.82, 2.24) is 19.9 Å². The molecule has 7 nitrogen and oxygen atoms in total. The van der Waals surface area contributed by atoms with Gasteiger partial charge in [-0.25, -0.2) is 15.0 Å². The zero-order chi connectivity index (χ0) is 18.2. The molecule has 1 aliphatic heterocycles. The molecule has 1 aromatic carbocycles. The molecule has 3 aromatic heterocycles. The van der Waals surface area contributed by atoms with E-state index in [0.29, 0.717) is 5.65 Å². The molecule has 4 heterocycles. The Kier molecular flexibility index (Phi) is 3.83. The van der Waals surface area contributed by atoms with Crippen LogP contribution in [0.15, 0.2) is 59.4 Å². The number of rotatable bonds is 4. The first-order chi connectivity index (χ1) is 13.3. The van der Waals surface area contributed by atoms with E-state index in [1.165, 1.54) is 10.9 Å². The molecule has 0 bridgehead atoms. The molecule has 0 saturated carbocycles. The molecule has 0 spiro atoms. The molecule has 2 unspecified atom stereocenters. The number of nitrogens with zero attached hydrogens (tertiary/aromatic N) is 5. The van der Waals surface area contributed by atoms with Gasteiger partial charge in [0.15, 0.2) is 11.5 Å². The minimum atomic E-state index is -0.109. The Balaban J connectivity index is 1.54. The Labute approximate surface area is 159 Å². The maximum absolute atomic E-state index is 5.00. The van der Waals surface area contributed by atoms with E-state index in [0.717, 1.165) is 22.4 Å². The number of imidazole rings is 1. The summed E-state index contributed by atoms with van der Waals surface area (Å²) in [6.07, 6.45) is 5.22. The highest BCUT2D eigenvalue weighted by Gasteiger charge is 2.26. The number of benzene rings is 1. The number of nitrogens with one attached hydrogen (secondary N) is 2. The van der Waals surface area contributed by atoms with E-state index in [2.05, 4.69) is 66.9 Å². The molecule has 2 N–H and O–H groups in total. The van der Waals surface area contributed by atoms with Crippen LogP contribution in [0.2, 0.25) is 0 Å². The van der Waals surface area contributed by atoms with Crippen LogP contribution in [-0.2, 0) is 0 Å². The van der Waals surface area contributed by atoms with Crippen LogP contribution >= 0.6 is 11.3 Å². The highest BCUT2D eigenvalue weighted by molar-refractivity contribution is 7.07. The van der Waals surface area contributed by atoms with E-state index in [1.807, 2.05) is 18.2 Å². The van der Waals surface area contributed by atoms with Crippen molar-refractivity contribution >= 4 is 40.2 Å². The standard InChI is InChI=1S/C19H17N7S/c1-12(24-18-16-17(21-10-20-16)22-11-23-18)19-25-14-7-8-27-15(14)9-26(19)13-5-3-2-4-6-13/h2-12,19H,1H3,(H2,20,21,22,23,24). The predicted molar refractivity (Wildman–Crippen MR) is 107 cm³/mol. The van der Waals surface area contributed by atoms with Crippen LogP contribution in [0.5, 0.6) is 0 Å². The number of aromatic amines is 1. The third kappa shape index (κ3) is 2.83. The highest BCUT2D eigenvalue weighted by atomic mass is 32.1. The molecule has 4 aromatic rings. The molecule has 0 fully saturated rings. The molecular formula is C19H17N7S. The van der Waals surface area contributed by atoms with Crippen molar-refractivity contribution in [3.8, 4) is 0 Å². The van der Waals surface area contributed by atoms with Crippen LogP contribution < -0.4 is 20.1 Å². The summed E-state index contributed by atoms with van der Waals surface area (Å²) in [6, 6.07) is 12.4. The van der Waals surface area contributed by atoms with E-state index < -0.39 is 0 Å². The molecule has 0 saturated heterocycles. The lowest BCUT2D eigenvalue weighted by atomic mass is 10.2. The number of thiophene rings is 1. The van der Waals surface area contributed by atoms with Crippen LogP contribution in [0.4, 0.5) is 11.5 Å². The van der Waals surface area contributed by atoms with E-state index in [1.54, 1.807) is 17.7 Å². The molecule has 27 heavy (non-hydrogen) atoms. The minimum absolute atomic E-state index is 0.00379. The Morgan fingerprint density at radius 3 is 2.93 bits per heavy atom. The first kappa shape index (κ1) is 16.0. The zero-order valence-corrected chi connectivity index (χ0v) is 15.4. The highest BCUT2D eigenvalue weighted by Crippen LogP contribution is 2.23. The summed E-state index contributed by atoms with van der Waals surface area (Å²) in [5.74, 6) is 0.726. The van der Waals surface area contributed by atoms with Gasteiger partial charge in [0.25, 0.3) is 0 Å². The third-order valence-electron chi connectivity index (χ3n) is 4.57. The topological polar surface area (TPSA) is 82.1 Å². The number of hydrogen-bond acceptors (Lipinski definition) is 7. The maximum Gasteiger partial charge on any atom is 0.182 e. The molecule has 134 valence electrons. The van der Waals surface area contributed by atoms with Crippen molar-refractivity contribution in [2.45, 2.75) is 19.1 Å². The smallest absolute Gasteiger partial charge is 0.182 e. The number of hydrogen-bond donors (Lipinski definition) is 2. The fraction of sp³-hybridized carbons (Fsp3) is 0.158. The van der Waals surface area contributed by atoms with Gasteiger partial charge in [0.05, 0.1) is 22.3 Å². The molecule has 0 aliphatic carbocycles. The van der Waals surface area contributed by atoms with Gasteiger partial charge in [-0.1, -0.05) is 18.2 Å². The number of anilines is 2. The van der Waals surface area contributed by atoms with Gasteiger partial charge in [-0.15, -0.1) is 11.3 Å². The summed E-state index contributed by atoms with van der Waals surface area (Å²) in [5, 5.41) is 6.59. The van der Waals surface area contributed by atoms with E-state index in [9.17, 15) is 0 Å². The van der Waals surface area contributed by atoms with Gasteiger partial charge in [-0.2, -0.15) is 0 Å². The van der Waals surface area contributed by atoms with Crippen LogP contribution in [0, 0.1) is 0 Å². The lowest BCUT2D eigenvalue weighted by molar-refractivity contribution is 0.586. The van der Waals surface area contributed by atoms with Crippen LogP contribution in [-0.4, -0.2) is 32.1 Å². The van der Waals surface area contributed by atoms with Gasteiger partial charge in [0.1, 0.15) is 18.0 Å². The first-order valence-corrected chi connectivity index (χ1v) is 9.55. The quantitative estimate of drug-likeness (QED) is 0.571. The average Bonchev–Trinajstić information content (AvgIpc) is 3.37. The second-order valence-electron chi connectivity index (χ2n) is 6.34. The third-order valence-corrected chi connectivity index (χ3v) is 5.42. The van der Waals surface area contributed by atoms with E-state index in [4.69, 9.17) is 4.99 Å². The van der Waals surface area contributed by atoms with Gasteiger partial charge in [-0.3, -0.25) is 4.99 Å². The molecular weight excluding hydrogens is 358 g/mol. The van der Waals surface area contributed by atoms with Crippen molar-refractivity contribution < 1.29 is 0 Å². The lowest BCUT2D eigenvalue weighted by Gasteiger charge is -2.34. The van der Waals surface area contributed by atoms with Crippen LogP contribution in [0.1, 0.15) is 6.92 Å². The molecule has 5 rings (SSSR count). The summed E-state index contributed by atoms with van der Waals surface area (Å²) < 4.78 is 1.17. The lowest BCUT2D eigenvalue weighted by Crippen LogP contribution is -2.48. The molecule has 0 amide bonds. The van der Waals surface area contributed by atoms with Crippen molar-refractivity contribution in [3.63, 3.8) is 0 Å². The van der Waals surface area contributed by atoms with Crippen molar-refractivity contribution in [2.75, 3.05) is 10.2 Å². The number of aromatic nitrogens is 4. The molecule has 1 aliphatic rings. The second-order valence-corrected chi connectivity index (χ2v) is 7.29. The Morgan fingerprint density at radius 2 is 2.04 bits per heavy atom. The average molecular weight is 375 g/mol. The summed E-state index contributed by atoms with van der Waals surface area (Å²) in [6.45, 7) is 2.11. The largest absolute Gasteiger partial charge is 0.362 e. The Morgan fingerprint density at radius 1 is 1.15 bits per heavy atom. The van der Waals surface area contributed by atoms with Crippen LogP contribution in [0.25, 0.3) is 17.4 Å². The fourth-order valence-electron chi connectivity index (χ4n) is 3.27. The summed E-state index contributed by atoms with van der Waals surface area (Å²) >= 11 is 1.70. The van der Waals surface area contributed by atoms with Crippen molar-refractivity contribution in [1.29, 1.82) is 0 Å². The van der Waals surface area contributed by atoms with Gasteiger partial charge < -0.3 is 15.2 Å². The first-order valence-electron chi connectivity index (χ1n) is 8.67. The van der Waals surface area contributed by atoms with Gasteiger partial charge >= 0.3 is 0 Å². The van der Waals surface area contributed by atoms with E-state index >= 15 is 0 Å². The molecule has 2 atom stereocenters. The monoisotopic (exact) mass is 375 g/mol. The summed E-state index contributed by atoms with van der Waals surface area (Å²) in [4.78, 5) is 23.1. The maximum atomic E-state index is 5.00. The van der Waals surface area contributed by atoms with Gasteiger partial charge in [0.2, 0.25) is 0 Å². The minimum Gasteiger partial charge on any atom is -0.362 e. The number of para-hydroxylation sites is 1. The van der Waals surface area contributed by atoms with E-state index in [-0.39, 0.29) is 12.2 Å². The Hall–Kier alpha value is -3.26. The summed E-state index contributed by atoms with van der Waals surface area (Å²) in [7, 11) is 0.